The van der Waals surface area contributed by atoms with Crippen molar-refractivity contribution < 1.29 is 18.8 Å². The first-order valence-electron chi connectivity index (χ1n) is 9.81. The van der Waals surface area contributed by atoms with Crippen LogP contribution in [0, 0.1) is 26.6 Å². The summed E-state index contributed by atoms with van der Waals surface area (Å²) in [5.41, 5.74) is 2.89. The van der Waals surface area contributed by atoms with Crippen LogP contribution in [0.2, 0.25) is 5.02 Å². The van der Waals surface area contributed by atoms with E-state index in [1.165, 1.54) is 12.1 Å². The van der Waals surface area contributed by atoms with E-state index in [0.717, 1.165) is 10.6 Å². The van der Waals surface area contributed by atoms with E-state index < -0.39 is 23.7 Å². The van der Waals surface area contributed by atoms with Gasteiger partial charge in [-0.05, 0) is 68.3 Å². The molecule has 1 N–H and O–H groups in total. The number of hydrogen-bond donors (Lipinski definition) is 1. The molecule has 1 aliphatic heterocycles. The Hall–Kier alpha value is -3.71. The van der Waals surface area contributed by atoms with Gasteiger partial charge in [-0.2, -0.15) is 0 Å². The second kappa shape index (κ2) is 8.09. The van der Waals surface area contributed by atoms with E-state index in [0.29, 0.717) is 27.5 Å². The van der Waals surface area contributed by atoms with Crippen molar-refractivity contribution in [3.8, 4) is 5.69 Å². The van der Waals surface area contributed by atoms with Crippen LogP contribution < -0.4 is 10.2 Å². The van der Waals surface area contributed by atoms with Gasteiger partial charge in [0.15, 0.2) is 0 Å². The van der Waals surface area contributed by atoms with Crippen LogP contribution in [-0.4, -0.2) is 22.4 Å². The van der Waals surface area contributed by atoms with E-state index in [9.17, 15) is 18.8 Å². The van der Waals surface area contributed by atoms with E-state index in [1.54, 1.807) is 67.8 Å². The Balaban J connectivity index is 1.81. The fourth-order valence-corrected chi connectivity index (χ4v) is 3.98. The fourth-order valence-electron chi connectivity index (χ4n) is 3.81. The molecular formula is C24H19ClFN3O3. The number of halogens is 2. The van der Waals surface area contributed by atoms with Crippen molar-refractivity contribution in [3.05, 3.63) is 87.5 Å². The summed E-state index contributed by atoms with van der Waals surface area (Å²) in [4.78, 5) is 39.1. The van der Waals surface area contributed by atoms with Gasteiger partial charge in [-0.3, -0.25) is 14.9 Å². The van der Waals surface area contributed by atoms with Gasteiger partial charge in [0.05, 0.1) is 11.4 Å². The van der Waals surface area contributed by atoms with Gasteiger partial charge < -0.3 is 4.57 Å². The summed E-state index contributed by atoms with van der Waals surface area (Å²) >= 11 is 6.15. The van der Waals surface area contributed by atoms with Gasteiger partial charge in [-0.1, -0.05) is 29.8 Å². The SMILES string of the molecule is Cc1c(Cl)cccc1N1C(=O)NC(=O)/C(=C\c2cc(C)n(-c3ccccc3F)c2C)C1=O. The quantitative estimate of drug-likeness (QED) is 0.456. The van der Waals surface area contributed by atoms with E-state index >= 15 is 0 Å². The Morgan fingerprint density at radius 2 is 1.66 bits per heavy atom. The number of nitrogens with zero attached hydrogens (tertiary/aromatic N) is 2. The third kappa shape index (κ3) is 3.50. The van der Waals surface area contributed by atoms with E-state index in [1.807, 2.05) is 0 Å². The molecule has 2 aromatic carbocycles. The Bertz CT molecular complexity index is 1330. The van der Waals surface area contributed by atoms with Gasteiger partial charge in [0.2, 0.25) is 0 Å². The standard InChI is InChI=1S/C24H19ClFN3O3/c1-13-11-16(15(3)28(13)21-9-5-4-8-19(21)26)12-17-22(30)27-24(32)29(23(17)31)20-10-6-7-18(25)14(20)2/h4-12H,1-3H3,(H,27,30,32)/b17-12+. The van der Waals surface area contributed by atoms with Gasteiger partial charge >= 0.3 is 6.03 Å². The van der Waals surface area contributed by atoms with Crippen LogP contribution in [0.3, 0.4) is 0 Å². The summed E-state index contributed by atoms with van der Waals surface area (Å²) in [6, 6.07) is 12.1. The monoisotopic (exact) mass is 451 g/mol. The fraction of sp³-hybridized carbons (Fsp3) is 0.125. The van der Waals surface area contributed by atoms with Gasteiger partial charge in [-0.25, -0.2) is 14.1 Å². The number of barbiturate groups is 1. The Morgan fingerprint density at radius 1 is 0.969 bits per heavy atom. The number of urea groups is 1. The second-order valence-electron chi connectivity index (χ2n) is 7.46. The highest BCUT2D eigenvalue weighted by Crippen LogP contribution is 2.30. The predicted octanol–water partition coefficient (Wildman–Crippen LogP) is 4.86. The summed E-state index contributed by atoms with van der Waals surface area (Å²) in [6.07, 6.45) is 1.41. The predicted molar refractivity (Wildman–Crippen MR) is 120 cm³/mol. The number of carbonyl (C=O) groups excluding carboxylic acids is 3. The molecule has 0 aliphatic carbocycles. The number of hydrogen-bond acceptors (Lipinski definition) is 3. The largest absolute Gasteiger partial charge is 0.335 e. The topological polar surface area (TPSA) is 71.4 Å². The van der Waals surface area contributed by atoms with Crippen LogP contribution >= 0.6 is 11.6 Å². The van der Waals surface area contributed by atoms with Gasteiger partial charge in [0.25, 0.3) is 11.8 Å². The zero-order chi connectivity index (χ0) is 23.2. The number of amides is 4. The molecule has 32 heavy (non-hydrogen) atoms. The highest BCUT2D eigenvalue weighted by molar-refractivity contribution is 6.40. The minimum absolute atomic E-state index is 0.210. The maximum atomic E-state index is 14.4. The summed E-state index contributed by atoms with van der Waals surface area (Å²) in [5.74, 6) is -1.96. The van der Waals surface area contributed by atoms with Crippen molar-refractivity contribution in [2.24, 2.45) is 0 Å². The molecule has 8 heteroatoms. The maximum Gasteiger partial charge on any atom is 0.335 e. The molecule has 0 radical (unpaired) electrons. The van der Waals surface area contributed by atoms with Gasteiger partial charge in [0, 0.05) is 16.4 Å². The van der Waals surface area contributed by atoms with Crippen LogP contribution in [0.1, 0.15) is 22.5 Å². The zero-order valence-corrected chi connectivity index (χ0v) is 18.3. The van der Waals surface area contributed by atoms with Crippen molar-refractivity contribution in [2.45, 2.75) is 20.8 Å². The minimum atomic E-state index is -0.848. The first-order valence-corrected chi connectivity index (χ1v) is 10.2. The highest BCUT2D eigenvalue weighted by Gasteiger charge is 2.37. The van der Waals surface area contributed by atoms with Crippen molar-refractivity contribution in [1.29, 1.82) is 0 Å². The van der Waals surface area contributed by atoms with E-state index in [4.69, 9.17) is 11.6 Å². The molecule has 0 unspecified atom stereocenters. The zero-order valence-electron chi connectivity index (χ0n) is 17.6. The summed E-state index contributed by atoms with van der Waals surface area (Å²) < 4.78 is 16.1. The molecule has 162 valence electrons. The molecule has 4 rings (SSSR count). The number of imide groups is 2. The summed E-state index contributed by atoms with van der Waals surface area (Å²) in [6.45, 7) is 5.25. The molecule has 4 amide bonds. The Kier molecular flexibility index (Phi) is 5.44. The van der Waals surface area contributed by atoms with E-state index in [-0.39, 0.29) is 11.3 Å². The first-order chi connectivity index (χ1) is 15.2. The number of para-hydroxylation sites is 1. The summed E-state index contributed by atoms with van der Waals surface area (Å²) in [5, 5.41) is 2.59. The number of benzene rings is 2. The third-order valence-corrected chi connectivity index (χ3v) is 5.85. The molecule has 1 aromatic heterocycles. The van der Waals surface area contributed by atoms with Gasteiger partial charge in [-0.15, -0.1) is 0 Å². The molecular weight excluding hydrogens is 433 g/mol. The molecule has 0 spiro atoms. The Labute approximate surface area is 188 Å². The smallest absolute Gasteiger partial charge is 0.315 e. The number of nitrogens with one attached hydrogen (secondary N) is 1. The van der Waals surface area contributed by atoms with E-state index in [2.05, 4.69) is 5.32 Å². The molecule has 1 fully saturated rings. The summed E-state index contributed by atoms with van der Waals surface area (Å²) in [7, 11) is 0. The normalized spacial score (nSPS) is 15.5. The number of anilines is 1. The molecule has 0 atom stereocenters. The van der Waals surface area contributed by atoms with Crippen LogP contribution in [0.15, 0.2) is 54.1 Å². The highest BCUT2D eigenvalue weighted by atomic mass is 35.5. The number of aromatic nitrogens is 1. The molecule has 0 bridgehead atoms. The lowest BCUT2D eigenvalue weighted by atomic mass is 10.1. The average Bonchev–Trinajstić information content (AvgIpc) is 3.01. The first kappa shape index (κ1) is 21.5. The lowest BCUT2D eigenvalue weighted by Gasteiger charge is -2.27. The molecule has 3 aromatic rings. The molecule has 1 saturated heterocycles. The lowest BCUT2D eigenvalue weighted by Crippen LogP contribution is -2.54. The molecule has 6 nitrogen and oxygen atoms in total. The third-order valence-electron chi connectivity index (χ3n) is 5.45. The number of rotatable bonds is 3. The molecule has 2 heterocycles. The molecule has 0 saturated carbocycles. The van der Waals surface area contributed by atoms with Crippen LogP contribution in [0.5, 0.6) is 0 Å². The number of aryl methyl sites for hydroxylation is 1. The van der Waals surface area contributed by atoms with Crippen molar-refractivity contribution in [1.82, 2.24) is 9.88 Å². The second-order valence-corrected chi connectivity index (χ2v) is 7.86. The van der Waals surface area contributed by atoms with Crippen LogP contribution in [-0.2, 0) is 9.59 Å². The minimum Gasteiger partial charge on any atom is -0.315 e. The average molecular weight is 452 g/mol. The maximum absolute atomic E-state index is 14.4. The van der Waals surface area contributed by atoms with Crippen molar-refractivity contribution >= 4 is 41.2 Å². The lowest BCUT2D eigenvalue weighted by molar-refractivity contribution is -0.122. The van der Waals surface area contributed by atoms with Crippen LogP contribution in [0.25, 0.3) is 11.8 Å². The van der Waals surface area contributed by atoms with Crippen molar-refractivity contribution in [3.63, 3.8) is 0 Å². The molecule has 1 aliphatic rings. The number of carbonyl (C=O) groups is 3. The van der Waals surface area contributed by atoms with Crippen molar-refractivity contribution in [2.75, 3.05) is 4.90 Å². The van der Waals surface area contributed by atoms with Crippen LogP contribution in [0.4, 0.5) is 14.9 Å². The van der Waals surface area contributed by atoms with Gasteiger partial charge in [0.1, 0.15) is 11.4 Å². The Morgan fingerprint density at radius 3 is 2.38 bits per heavy atom.